The predicted octanol–water partition coefficient (Wildman–Crippen LogP) is 4.98. The number of amides is 1. The number of carbonyl (C=O) groups is 1. The minimum absolute atomic E-state index is 0.124. The molecule has 3 rings (SSSR count). The molecule has 3 nitrogen and oxygen atoms in total. The molecular weight excluding hydrogens is 342 g/mol. The summed E-state index contributed by atoms with van der Waals surface area (Å²) in [5.74, 6) is 0.124. The van der Waals surface area contributed by atoms with Gasteiger partial charge >= 0.3 is 0 Å². The van der Waals surface area contributed by atoms with Crippen LogP contribution in [0.1, 0.15) is 30.9 Å². The van der Waals surface area contributed by atoms with E-state index in [1.807, 2.05) is 13.0 Å². The molecule has 0 saturated heterocycles. The molecule has 0 unspecified atom stereocenters. The number of nitrogens with one attached hydrogen (secondary N) is 1. The third kappa shape index (κ3) is 4.85. The molecule has 0 atom stereocenters. The third-order valence-electron chi connectivity index (χ3n) is 4.30. The van der Waals surface area contributed by atoms with Crippen molar-refractivity contribution in [2.45, 2.75) is 32.6 Å². The molecular formula is C22H25NO2S. The van der Waals surface area contributed by atoms with Crippen LogP contribution in [0.4, 0.5) is 0 Å². The summed E-state index contributed by atoms with van der Waals surface area (Å²) < 4.78 is 7.37. The van der Waals surface area contributed by atoms with Crippen LogP contribution in [0.3, 0.4) is 0 Å². The van der Waals surface area contributed by atoms with Crippen molar-refractivity contribution in [1.82, 2.24) is 5.32 Å². The summed E-state index contributed by atoms with van der Waals surface area (Å²) in [5.41, 5.74) is 2.48. The number of fused-ring (bicyclic) bond motifs is 1. The Morgan fingerprint density at radius 1 is 1.04 bits per heavy atom. The molecule has 136 valence electrons. The Balaban J connectivity index is 1.66. The number of hydrogen-bond acceptors (Lipinski definition) is 3. The fourth-order valence-corrected chi connectivity index (χ4v) is 4.10. The van der Waals surface area contributed by atoms with E-state index < -0.39 is 0 Å². The summed E-state index contributed by atoms with van der Waals surface area (Å²) in [4.78, 5) is 11.7. The van der Waals surface area contributed by atoms with Crippen LogP contribution in [-0.2, 0) is 17.6 Å². The lowest BCUT2D eigenvalue weighted by Gasteiger charge is -2.09. The first-order chi connectivity index (χ1) is 12.8. The lowest BCUT2D eigenvalue weighted by molar-refractivity contribution is -0.121. The molecule has 0 bridgehead atoms. The maximum Gasteiger partial charge on any atom is 0.219 e. The van der Waals surface area contributed by atoms with Gasteiger partial charge in [0.1, 0.15) is 0 Å². The highest BCUT2D eigenvalue weighted by molar-refractivity contribution is 7.21. The zero-order chi connectivity index (χ0) is 18.2. The lowest BCUT2D eigenvalue weighted by Crippen LogP contribution is -2.25. The number of hydrogen-bond donors (Lipinski definition) is 1. The minimum Gasteiger partial charge on any atom is -0.483 e. The second-order valence-corrected chi connectivity index (χ2v) is 7.31. The number of carbonyl (C=O) groups excluding carboxylic acids is 1. The summed E-state index contributed by atoms with van der Waals surface area (Å²) in [6, 6.07) is 18.8. The van der Waals surface area contributed by atoms with Crippen LogP contribution < -0.4 is 10.1 Å². The lowest BCUT2D eigenvalue weighted by atomic mass is 10.1. The van der Waals surface area contributed by atoms with E-state index in [-0.39, 0.29) is 5.91 Å². The molecule has 1 heterocycles. The summed E-state index contributed by atoms with van der Waals surface area (Å²) >= 11 is 1.69. The summed E-state index contributed by atoms with van der Waals surface area (Å²) in [7, 11) is 0. The predicted molar refractivity (Wildman–Crippen MR) is 109 cm³/mol. The molecule has 2 aromatic carbocycles. The van der Waals surface area contributed by atoms with E-state index >= 15 is 0 Å². The molecule has 26 heavy (non-hydrogen) atoms. The van der Waals surface area contributed by atoms with Crippen LogP contribution in [0.15, 0.2) is 54.6 Å². The smallest absolute Gasteiger partial charge is 0.219 e. The summed E-state index contributed by atoms with van der Waals surface area (Å²) in [6.45, 7) is 3.32. The average molecular weight is 368 g/mol. The zero-order valence-electron chi connectivity index (χ0n) is 15.2. The topological polar surface area (TPSA) is 38.3 Å². The first-order valence-corrected chi connectivity index (χ1v) is 10.0. The number of ether oxygens (including phenoxy) is 1. The Bertz CT molecular complexity index is 842. The van der Waals surface area contributed by atoms with Crippen molar-refractivity contribution >= 4 is 27.3 Å². The van der Waals surface area contributed by atoms with Crippen LogP contribution in [0, 0.1) is 0 Å². The van der Waals surface area contributed by atoms with Crippen molar-refractivity contribution in [3.8, 4) is 5.06 Å². The van der Waals surface area contributed by atoms with E-state index in [2.05, 4.69) is 53.8 Å². The van der Waals surface area contributed by atoms with Gasteiger partial charge in [-0.05, 0) is 29.9 Å². The summed E-state index contributed by atoms with van der Waals surface area (Å²) in [6.07, 6.45) is 3.15. The van der Waals surface area contributed by atoms with Crippen LogP contribution >= 0.6 is 11.3 Å². The van der Waals surface area contributed by atoms with Crippen molar-refractivity contribution in [2.24, 2.45) is 0 Å². The van der Waals surface area contributed by atoms with Gasteiger partial charge in [0, 0.05) is 29.6 Å². The molecule has 0 spiro atoms. The second kappa shape index (κ2) is 9.39. The molecule has 4 heteroatoms. The molecule has 0 saturated carbocycles. The standard InChI is InChI=1S/C22H25NO2S/c1-2-8-21(24)23-15-13-19-18-11-6-7-12-20(18)26-22(19)25-16-14-17-9-4-3-5-10-17/h3-7,9-12H,2,8,13-16H2,1H3,(H,23,24). The fourth-order valence-electron chi connectivity index (χ4n) is 2.98. The van der Waals surface area contributed by atoms with E-state index in [1.165, 1.54) is 21.2 Å². The van der Waals surface area contributed by atoms with Gasteiger partial charge in [0.25, 0.3) is 0 Å². The fraction of sp³-hybridized carbons (Fsp3) is 0.318. The van der Waals surface area contributed by atoms with Gasteiger partial charge in [0.05, 0.1) is 6.61 Å². The molecule has 3 aromatic rings. The van der Waals surface area contributed by atoms with Gasteiger partial charge in [0.2, 0.25) is 5.91 Å². The highest BCUT2D eigenvalue weighted by Gasteiger charge is 2.13. The van der Waals surface area contributed by atoms with E-state index in [0.29, 0.717) is 19.6 Å². The molecule has 0 aliphatic heterocycles. The third-order valence-corrected chi connectivity index (χ3v) is 5.43. The van der Waals surface area contributed by atoms with Crippen molar-refractivity contribution in [1.29, 1.82) is 0 Å². The maximum absolute atomic E-state index is 11.7. The zero-order valence-corrected chi connectivity index (χ0v) is 16.0. The van der Waals surface area contributed by atoms with E-state index in [4.69, 9.17) is 4.74 Å². The largest absolute Gasteiger partial charge is 0.483 e. The maximum atomic E-state index is 11.7. The van der Waals surface area contributed by atoms with Crippen molar-refractivity contribution in [2.75, 3.05) is 13.2 Å². The van der Waals surface area contributed by atoms with Crippen LogP contribution in [0.2, 0.25) is 0 Å². The molecule has 1 amide bonds. The normalized spacial score (nSPS) is 10.8. The molecule has 0 fully saturated rings. The van der Waals surface area contributed by atoms with Crippen LogP contribution in [-0.4, -0.2) is 19.1 Å². The Kier molecular flexibility index (Phi) is 6.67. The highest BCUT2D eigenvalue weighted by atomic mass is 32.1. The van der Waals surface area contributed by atoms with Crippen LogP contribution in [0.5, 0.6) is 5.06 Å². The quantitative estimate of drug-likeness (QED) is 0.579. The SMILES string of the molecule is CCCC(=O)NCCc1c(OCCc2ccccc2)sc2ccccc12. The molecule has 0 aliphatic carbocycles. The van der Waals surface area contributed by atoms with Gasteiger partial charge in [-0.1, -0.05) is 66.8 Å². The Morgan fingerprint density at radius 2 is 1.81 bits per heavy atom. The van der Waals surface area contributed by atoms with E-state index in [9.17, 15) is 4.79 Å². The molecule has 1 aromatic heterocycles. The summed E-state index contributed by atoms with van der Waals surface area (Å²) in [5, 5.41) is 5.22. The van der Waals surface area contributed by atoms with Gasteiger partial charge in [-0.2, -0.15) is 0 Å². The number of rotatable bonds is 9. The second-order valence-electron chi connectivity index (χ2n) is 6.30. The van der Waals surface area contributed by atoms with Gasteiger partial charge in [-0.25, -0.2) is 0 Å². The Labute approximate surface area is 159 Å². The number of thiophene rings is 1. The monoisotopic (exact) mass is 367 g/mol. The van der Waals surface area contributed by atoms with Crippen molar-refractivity contribution in [3.05, 3.63) is 65.7 Å². The molecule has 0 radical (unpaired) electrons. The molecule has 1 N–H and O–H groups in total. The molecule has 0 aliphatic rings. The Hall–Kier alpha value is -2.33. The van der Waals surface area contributed by atoms with Gasteiger partial charge in [-0.15, -0.1) is 0 Å². The van der Waals surface area contributed by atoms with E-state index in [1.54, 1.807) is 11.3 Å². The van der Waals surface area contributed by atoms with Crippen molar-refractivity contribution < 1.29 is 9.53 Å². The first kappa shape index (κ1) is 18.5. The van der Waals surface area contributed by atoms with Crippen molar-refractivity contribution in [3.63, 3.8) is 0 Å². The highest BCUT2D eigenvalue weighted by Crippen LogP contribution is 2.37. The van der Waals surface area contributed by atoms with Gasteiger partial charge in [0.15, 0.2) is 5.06 Å². The Morgan fingerprint density at radius 3 is 2.62 bits per heavy atom. The van der Waals surface area contributed by atoms with E-state index in [0.717, 1.165) is 24.3 Å². The van der Waals surface area contributed by atoms with Gasteiger partial charge < -0.3 is 10.1 Å². The van der Waals surface area contributed by atoms with Crippen LogP contribution in [0.25, 0.3) is 10.1 Å². The average Bonchev–Trinajstić information content (AvgIpc) is 3.01. The minimum atomic E-state index is 0.124. The first-order valence-electron chi connectivity index (χ1n) is 9.21. The number of benzene rings is 2. The van der Waals surface area contributed by atoms with Gasteiger partial charge in [-0.3, -0.25) is 4.79 Å².